The molecule has 1 heterocycles. The smallest absolute Gasteiger partial charge is 0.134 e. The average Bonchev–Trinajstić information content (AvgIpc) is 2.35. The van der Waals surface area contributed by atoms with Gasteiger partial charge in [0.25, 0.3) is 0 Å². The van der Waals surface area contributed by atoms with Gasteiger partial charge in [-0.05, 0) is 44.9 Å². The van der Waals surface area contributed by atoms with Gasteiger partial charge in [-0.3, -0.25) is 0 Å². The lowest BCUT2D eigenvalue weighted by Gasteiger charge is -2.35. The molecule has 1 aliphatic rings. The number of nitrogens with zero attached hydrogens (tertiary/aromatic N) is 2. The second-order valence-corrected chi connectivity index (χ2v) is 6.43. The molecule has 2 N–H and O–H groups in total. The van der Waals surface area contributed by atoms with E-state index in [-0.39, 0.29) is 0 Å². The zero-order valence-electron chi connectivity index (χ0n) is 12.8. The monoisotopic (exact) mass is 262 g/mol. The molecule has 0 bridgehead atoms. The second kappa shape index (κ2) is 5.35. The molecule has 0 atom stereocenters. The van der Waals surface area contributed by atoms with Gasteiger partial charge in [0.15, 0.2) is 0 Å². The van der Waals surface area contributed by atoms with Gasteiger partial charge in [0.05, 0.1) is 0 Å². The predicted octanol–water partition coefficient (Wildman–Crippen LogP) is 3.52. The van der Waals surface area contributed by atoms with Crippen LogP contribution in [0.1, 0.15) is 50.9 Å². The van der Waals surface area contributed by atoms with Gasteiger partial charge in [-0.1, -0.05) is 13.8 Å². The van der Waals surface area contributed by atoms with E-state index in [1.807, 2.05) is 14.0 Å². The first kappa shape index (κ1) is 14.1. The summed E-state index contributed by atoms with van der Waals surface area (Å²) in [6.45, 7) is 8.74. The lowest BCUT2D eigenvalue weighted by atomic mass is 9.75. The maximum absolute atomic E-state index is 4.55. The van der Waals surface area contributed by atoms with Gasteiger partial charge in [0.2, 0.25) is 0 Å². The van der Waals surface area contributed by atoms with E-state index in [9.17, 15) is 0 Å². The minimum absolute atomic E-state index is 0.505. The highest BCUT2D eigenvalue weighted by Crippen LogP contribution is 2.36. The molecule has 0 saturated heterocycles. The quantitative estimate of drug-likeness (QED) is 0.875. The number of aryl methyl sites for hydroxylation is 1. The van der Waals surface area contributed by atoms with Crippen LogP contribution in [0.3, 0.4) is 0 Å². The zero-order chi connectivity index (χ0) is 14.0. The fourth-order valence-corrected chi connectivity index (χ4v) is 2.75. The van der Waals surface area contributed by atoms with Gasteiger partial charge in [-0.25, -0.2) is 9.97 Å². The number of anilines is 2. The predicted molar refractivity (Wildman–Crippen MR) is 80.7 cm³/mol. The van der Waals surface area contributed by atoms with Crippen molar-refractivity contribution in [3.05, 3.63) is 11.4 Å². The maximum atomic E-state index is 4.55. The Morgan fingerprint density at radius 1 is 1.05 bits per heavy atom. The number of rotatable bonds is 3. The van der Waals surface area contributed by atoms with Crippen LogP contribution >= 0.6 is 0 Å². The Morgan fingerprint density at radius 3 is 2.21 bits per heavy atom. The first-order valence-corrected chi connectivity index (χ1v) is 7.21. The molecule has 1 saturated carbocycles. The summed E-state index contributed by atoms with van der Waals surface area (Å²) < 4.78 is 0. The Balaban J connectivity index is 2.09. The zero-order valence-corrected chi connectivity index (χ0v) is 12.8. The number of aromatic nitrogens is 2. The van der Waals surface area contributed by atoms with E-state index in [4.69, 9.17) is 0 Å². The van der Waals surface area contributed by atoms with Crippen molar-refractivity contribution in [1.82, 2.24) is 9.97 Å². The summed E-state index contributed by atoms with van der Waals surface area (Å²) in [7, 11) is 1.90. The number of hydrogen-bond donors (Lipinski definition) is 2. The van der Waals surface area contributed by atoms with Crippen LogP contribution in [0.15, 0.2) is 0 Å². The summed E-state index contributed by atoms with van der Waals surface area (Å²) >= 11 is 0. The largest absolute Gasteiger partial charge is 0.373 e. The third kappa shape index (κ3) is 3.37. The fourth-order valence-electron chi connectivity index (χ4n) is 2.75. The minimum Gasteiger partial charge on any atom is -0.373 e. The minimum atomic E-state index is 0.505. The molecule has 1 fully saturated rings. The Labute approximate surface area is 116 Å². The van der Waals surface area contributed by atoms with Crippen molar-refractivity contribution in [2.75, 3.05) is 17.7 Å². The van der Waals surface area contributed by atoms with E-state index in [0.717, 1.165) is 23.0 Å². The van der Waals surface area contributed by atoms with Crippen LogP contribution in [-0.2, 0) is 0 Å². The molecule has 0 unspecified atom stereocenters. The van der Waals surface area contributed by atoms with E-state index in [2.05, 4.69) is 41.4 Å². The highest BCUT2D eigenvalue weighted by molar-refractivity contribution is 5.57. The number of nitrogens with one attached hydrogen (secondary N) is 2. The Bertz CT molecular complexity index is 444. The van der Waals surface area contributed by atoms with Crippen LogP contribution < -0.4 is 10.6 Å². The van der Waals surface area contributed by atoms with E-state index >= 15 is 0 Å². The molecule has 19 heavy (non-hydrogen) atoms. The summed E-state index contributed by atoms with van der Waals surface area (Å²) in [6.07, 6.45) is 5.02. The van der Waals surface area contributed by atoms with Crippen molar-refractivity contribution >= 4 is 11.6 Å². The third-order valence-electron chi connectivity index (χ3n) is 4.17. The first-order chi connectivity index (χ1) is 8.91. The van der Waals surface area contributed by atoms with E-state index in [0.29, 0.717) is 11.5 Å². The summed E-state index contributed by atoms with van der Waals surface area (Å²) in [5, 5.41) is 6.75. The average molecular weight is 262 g/mol. The van der Waals surface area contributed by atoms with Gasteiger partial charge in [0, 0.05) is 18.7 Å². The highest BCUT2D eigenvalue weighted by Gasteiger charge is 2.27. The molecule has 4 nitrogen and oxygen atoms in total. The van der Waals surface area contributed by atoms with Gasteiger partial charge in [0.1, 0.15) is 17.5 Å². The van der Waals surface area contributed by atoms with Crippen LogP contribution in [0.2, 0.25) is 0 Å². The molecular weight excluding hydrogens is 236 g/mol. The maximum Gasteiger partial charge on any atom is 0.134 e. The number of hydrogen-bond acceptors (Lipinski definition) is 4. The Morgan fingerprint density at radius 2 is 1.63 bits per heavy atom. The molecule has 4 heteroatoms. The second-order valence-electron chi connectivity index (χ2n) is 6.43. The van der Waals surface area contributed by atoms with E-state index < -0.39 is 0 Å². The lowest BCUT2D eigenvalue weighted by molar-refractivity contribution is 0.232. The molecule has 0 spiro atoms. The molecule has 0 radical (unpaired) electrons. The first-order valence-electron chi connectivity index (χ1n) is 7.21. The van der Waals surface area contributed by atoms with Crippen molar-refractivity contribution in [2.45, 2.75) is 59.4 Å². The van der Waals surface area contributed by atoms with Crippen molar-refractivity contribution in [1.29, 1.82) is 0 Å². The molecule has 106 valence electrons. The van der Waals surface area contributed by atoms with E-state index in [1.54, 1.807) is 0 Å². The standard InChI is InChI=1S/C15H26N4/c1-10-13(16-5)17-11(2)18-14(10)19-12-6-8-15(3,4)9-7-12/h12H,6-9H2,1-5H3,(H2,16,17,18,19). The topological polar surface area (TPSA) is 49.8 Å². The van der Waals surface area contributed by atoms with Crippen LogP contribution in [0, 0.1) is 19.3 Å². The van der Waals surface area contributed by atoms with Crippen molar-refractivity contribution in [3.63, 3.8) is 0 Å². The van der Waals surface area contributed by atoms with E-state index in [1.165, 1.54) is 25.7 Å². The summed E-state index contributed by atoms with van der Waals surface area (Å²) in [5.41, 5.74) is 1.61. The van der Waals surface area contributed by atoms with Gasteiger partial charge >= 0.3 is 0 Å². The molecule has 0 aromatic carbocycles. The summed E-state index contributed by atoms with van der Waals surface area (Å²) in [4.78, 5) is 8.96. The van der Waals surface area contributed by atoms with Crippen LogP contribution in [0.4, 0.5) is 11.6 Å². The van der Waals surface area contributed by atoms with Gasteiger partial charge in [-0.15, -0.1) is 0 Å². The molecule has 1 aromatic heterocycles. The molecule has 1 aliphatic carbocycles. The molecule has 0 amide bonds. The third-order valence-corrected chi connectivity index (χ3v) is 4.17. The van der Waals surface area contributed by atoms with Crippen molar-refractivity contribution in [2.24, 2.45) is 5.41 Å². The Hall–Kier alpha value is -1.32. The highest BCUT2D eigenvalue weighted by atomic mass is 15.1. The summed E-state index contributed by atoms with van der Waals surface area (Å²) in [5.74, 6) is 2.72. The fraction of sp³-hybridized carbons (Fsp3) is 0.733. The summed E-state index contributed by atoms with van der Waals surface area (Å²) in [6, 6.07) is 0.547. The molecule has 2 rings (SSSR count). The van der Waals surface area contributed by atoms with Crippen LogP contribution in [0.25, 0.3) is 0 Å². The van der Waals surface area contributed by atoms with Gasteiger partial charge in [-0.2, -0.15) is 0 Å². The molecule has 1 aromatic rings. The van der Waals surface area contributed by atoms with Crippen LogP contribution in [-0.4, -0.2) is 23.1 Å². The normalized spacial score (nSPS) is 19.2. The Kier molecular flexibility index (Phi) is 3.97. The van der Waals surface area contributed by atoms with Gasteiger partial charge < -0.3 is 10.6 Å². The van der Waals surface area contributed by atoms with Crippen molar-refractivity contribution < 1.29 is 0 Å². The molecule has 0 aliphatic heterocycles. The van der Waals surface area contributed by atoms with Crippen LogP contribution in [0.5, 0.6) is 0 Å². The SMILES string of the molecule is CNc1nc(C)nc(NC2CCC(C)(C)CC2)c1C. The molecular formula is C15H26N4. The lowest BCUT2D eigenvalue weighted by Crippen LogP contribution is -2.30. The van der Waals surface area contributed by atoms with Crippen molar-refractivity contribution in [3.8, 4) is 0 Å².